The third-order valence-corrected chi connectivity index (χ3v) is 5.62. The van der Waals surface area contributed by atoms with Gasteiger partial charge in [-0.2, -0.15) is 0 Å². The SMILES string of the molecule is CCN1CC(=O)N(Cc2cc(C3CCCCC3)no2)[C@@H](CC(C)C)C1=O. The Labute approximate surface area is 155 Å². The summed E-state index contributed by atoms with van der Waals surface area (Å²) < 4.78 is 5.54. The highest BCUT2D eigenvalue weighted by atomic mass is 16.5. The number of aromatic nitrogens is 1. The number of amides is 2. The first-order valence-electron chi connectivity index (χ1n) is 10.0. The Kier molecular flexibility index (Phi) is 5.99. The zero-order valence-electron chi connectivity index (χ0n) is 16.2. The number of carbonyl (C=O) groups is 2. The number of hydrogen-bond donors (Lipinski definition) is 0. The Hall–Kier alpha value is -1.85. The van der Waals surface area contributed by atoms with E-state index in [0.717, 1.165) is 18.5 Å². The molecular weight excluding hydrogens is 330 g/mol. The predicted molar refractivity (Wildman–Crippen MR) is 98.4 cm³/mol. The van der Waals surface area contributed by atoms with Gasteiger partial charge in [0, 0.05) is 18.5 Å². The molecule has 0 unspecified atom stereocenters. The van der Waals surface area contributed by atoms with Crippen molar-refractivity contribution in [3.05, 3.63) is 17.5 Å². The van der Waals surface area contributed by atoms with Gasteiger partial charge in [0.05, 0.1) is 18.8 Å². The van der Waals surface area contributed by atoms with Crippen molar-refractivity contribution in [3.63, 3.8) is 0 Å². The maximum absolute atomic E-state index is 12.8. The molecular formula is C20H31N3O3. The normalized spacial score (nSPS) is 22.5. The molecule has 0 aromatic carbocycles. The molecule has 1 atom stereocenters. The van der Waals surface area contributed by atoms with E-state index in [0.29, 0.717) is 37.1 Å². The van der Waals surface area contributed by atoms with Gasteiger partial charge in [0.1, 0.15) is 6.04 Å². The van der Waals surface area contributed by atoms with Crippen molar-refractivity contribution >= 4 is 11.8 Å². The summed E-state index contributed by atoms with van der Waals surface area (Å²) in [5.74, 6) is 1.54. The Morgan fingerprint density at radius 1 is 1.23 bits per heavy atom. The molecule has 0 bridgehead atoms. The van der Waals surface area contributed by atoms with Gasteiger partial charge in [-0.1, -0.05) is 38.3 Å². The molecule has 2 aliphatic rings. The second-order valence-corrected chi connectivity index (χ2v) is 8.07. The fraction of sp³-hybridized carbons (Fsp3) is 0.750. The summed E-state index contributed by atoms with van der Waals surface area (Å²) in [5, 5.41) is 4.26. The minimum absolute atomic E-state index is 0.00674. The highest BCUT2D eigenvalue weighted by molar-refractivity contribution is 5.94. The van der Waals surface area contributed by atoms with Crippen LogP contribution in [0.2, 0.25) is 0 Å². The maximum Gasteiger partial charge on any atom is 0.245 e. The highest BCUT2D eigenvalue weighted by Gasteiger charge is 2.39. The lowest BCUT2D eigenvalue weighted by Crippen LogP contribution is -2.59. The summed E-state index contributed by atoms with van der Waals surface area (Å²) in [7, 11) is 0. The van der Waals surface area contributed by atoms with Crippen LogP contribution < -0.4 is 0 Å². The molecule has 6 nitrogen and oxygen atoms in total. The van der Waals surface area contributed by atoms with Gasteiger partial charge in [-0.15, -0.1) is 0 Å². The van der Waals surface area contributed by atoms with Crippen molar-refractivity contribution in [2.24, 2.45) is 5.92 Å². The number of carbonyl (C=O) groups excluding carboxylic acids is 2. The molecule has 1 saturated carbocycles. The summed E-state index contributed by atoms with van der Waals surface area (Å²) in [5.41, 5.74) is 1.01. The third-order valence-electron chi connectivity index (χ3n) is 5.62. The lowest BCUT2D eigenvalue weighted by molar-refractivity contribution is -0.157. The van der Waals surface area contributed by atoms with E-state index < -0.39 is 6.04 Å². The zero-order chi connectivity index (χ0) is 18.7. The van der Waals surface area contributed by atoms with E-state index in [1.54, 1.807) is 9.80 Å². The van der Waals surface area contributed by atoms with Crippen LogP contribution in [0.3, 0.4) is 0 Å². The van der Waals surface area contributed by atoms with Gasteiger partial charge in [-0.3, -0.25) is 9.59 Å². The van der Waals surface area contributed by atoms with Crippen LogP contribution in [0.5, 0.6) is 0 Å². The standard InChI is InChI=1S/C20H31N3O3/c1-4-22-13-19(24)23(18(20(22)25)10-14(2)3)12-16-11-17(21-26-16)15-8-6-5-7-9-15/h11,14-15,18H,4-10,12-13H2,1-3H3/t18-/m0/s1. The predicted octanol–water partition coefficient (Wildman–Crippen LogP) is 3.33. The lowest BCUT2D eigenvalue weighted by atomic mass is 9.87. The molecule has 2 amide bonds. The summed E-state index contributed by atoms with van der Waals surface area (Å²) in [6, 6.07) is 1.59. The largest absolute Gasteiger partial charge is 0.359 e. The number of likely N-dealkylation sites (N-methyl/N-ethyl adjacent to an activating group) is 1. The third kappa shape index (κ3) is 4.10. The number of rotatable bonds is 6. The van der Waals surface area contributed by atoms with E-state index in [-0.39, 0.29) is 18.4 Å². The quantitative estimate of drug-likeness (QED) is 0.779. The van der Waals surface area contributed by atoms with Crippen LogP contribution in [0.25, 0.3) is 0 Å². The molecule has 1 aromatic heterocycles. The molecule has 1 aliphatic carbocycles. The van der Waals surface area contributed by atoms with E-state index in [2.05, 4.69) is 19.0 Å². The van der Waals surface area contributed by atoms with Gasteiger partial charge in [-0.25, -0.2) is 0 Å². The Bertz CT molecular complexity index is 634. The first-order chi connectivity index (χ1) is 12.5. The smallest absolute Gasteiger partial charge is 0.245 e. The number of piperazine rings is 1. The van der Waals surface area contributed by atoms with Gasteiger partial charge >= 0.3 is 0 Å². The first-order valence-corrected chi connectivity index (χ1v) is 10.0. The lowest BCUT2D eigenvalue weighted by Gasteiger charge is -2.40. The number of nitrogens with zero attached hydrogens (tertiary/aromatic N) is 3. The molecule has 1 saturated heterocycles. The molecule has 2 fully saturated rings. The monoisotopic (exact) mass is 361 g/mol. The van der Waals surface area contributed by atoms with Crippen LogP contribution in [-0.4, -0.2) is 45.9 Å². The van der Waals surface area contributed by atoms with Crippen molar-refractivity contribution in [2.75, 3.05) is 13.1 Å². The molecule has 0 spiro atoms. The molecule has 0 radical (unpaired) electrons. The molecule has 3 rings (SSSR count). The molecule has 26 heavy (non-hydrogen) atoms. The Balaban J connectivity index is 1.74. The summed E-state index contributed by atoms with van der Waals surface area (Å²) in [6.07, 6.45) is 6.79. The van der Waals surface area contributed by atoms with Gasteiger partial charge in [-0.05, 0) is 32.1 Å². The first kappa shape index (κ1) is 18.9. The van der Waals surface area contributed by atoms with E-state index in [9.17, 15) is 9.59 Å². The van der Waals surface area contributed by atoms with Gasteiger partial charge in [0.25, 0.3) is 0 Å². The molecule has 2 heterocycles. The van der Waals surface area contributed by atoms with Crippen molar-refractivity contribution < 1.29 is 14.1 Å². The van der Waals surface area contributed by atoms with Crippen LogP contribution in [0, 0.1) is 5.92 Å². The maximum atomic E-state index is 12.8. The topological polar surface area (TPSA) is 66.7 Å². The van der Waals surface area contributed by atoms with Gasteiger partial charge in [0.2, 0.25) is 11.8 Å². The average molecular weight is 361 g/mol. The van der Waals surface area contributed by atoms with E-state index in [1.807, 2.05) is 13.0 Å². The summed E-state index contributed by atoms with van der Waals surface area (Å²) >= 11 is 0. The van der Waals surface area contributed by atoms with E-state index >= 15 is 0 Å². The van der Waals surface area contributed by atoms with Crippen LogP contribution >= 0.6 is 0 Å². The Morgan fingerprint density at radius 3 is 2.62 bits per heavy atom. The molecule has 1 aliphatic heterocycles. The minimum Gasteiger partial charge on any atom is -0.359 e. The molecule has 6 heteroatoms. The highest BCUT2D eigenvalue weighted by Crippen LogP contribution is 2.32. The van der Waals surface area contributed by atoms with Gasteiger partial charge < -0.3 is 14.3 Å². The van der Waals surface area contributed by atoms with E-state index in [4.69, 9.17) is 4.52 Å². The van der Waals surface area contributed by atoms with Crippen LogP contribution in [-0.2, 0) is 16.1 Å². The van der Waals surface area contributed by atoms with Crippen molar-refractivity contribution in [1.29, 1.82) is 0 Å². The fourth-order valence-corrected chi connectivity index (χ4v) is 4.15. The van der Waals surface area contributed by atoms with Crippen molar-refractivity contribution in [3.8, 4) is 0 Å². The molecule has 1 aromatic rings. The summed E-state index contributed by atoms with van der Waals surface area (Å²) in [4.78, 5) is 28.8. The fourth-order valence-electron chi connectivity index (χ4n) is 4.15. The second-order valence-electron chi connectivity index (χ2n) is 8.07. The van der Waals surface area contributed by atoms with E-state index in [1.165, 1.54) is 19.3 Å². The average Bonchev–Trinajstić information content (AvgIpc) is 3.10. The van der Waals surface area contributed by atoms with Crippen LogP contribution in [0.15, 0.2) is 10.6 Å². The second kappa shape index (κ2) is 8.23. The Morgan fingerprint density at radius 2 is 1.96 bits per heavy atom. The van der Waals surface area contributed by atoms with Crippen LogP contribution in [0.1, 0.15) is 76.7 Å². The summed E-state index contributed by atoms with van der Waals surface area (Å²) in [6.45, 7) is 7.14. The minimum atomic E-state index is -0.403. The van der Waals surface area contributed by atoms with Gasteiger partial charge in [0.15, 0.2) is 5.76 Å². The van der Waals surface area contributed by atoms with Crippen molar-refractivity contribution in [1.82, 2.24) is 15.0 Å². The number of hydrogen-bond acceptors (Lipinski definition) is 4. The molecule has 0 N–H and O–H groups in total. The zero-order valence-corrected chi connectivity index (χ0v) is 16.2. The van der Waals surface area contributed by atoms with Crippen molar-refractivity contribution in [2.45, 2.75) is 77.8 Å². The molecule has 144 valence electrons. The van der Waals surface area contributed by atoms with Crippen LogP contribution in [0.4, 0.5) is 0 Å².